The van der Waals surface area contributed by atoms with Crippen molar-refractivity contribution in [3.8, 4) is 0 Å². The molecule has 1 unspecified atom stereocenters. The van der Waals surface area contributed by atoms with Crippen molar-refractivity contribution in [1.82, 2.24) is 10.3 Å². The molecule has 0 amide bonds. The van der Waals surface area contributed by atoms with Gasteiger partial charge in [-0.15, -0.1) is 11.3 Å². The zero-order chi connectivity index (χ0) is 14.7. The number of thiazole rings is 1. The van der Waals surface area contributed by atoms with Gasteiger partial charge in [-0.25, -0.2) is 4.98 Å². The van der Waals surface area contributed by atoms with Crippen LogP contribution in [0, 0.1) is 0 Å². The molecule has 0 radical (unpaired) electrons. The van der Waals surface area contributed by atoms with Gasteiger partial charge in [0, 0.05) is 36.3 Å². The van der Waals surface area contributed by atoms with Crippen molar-refractivity contribution in [1.29, 1.82) is 0 Å². The summed E-state index contributed by atoms with van der Waals surface area (Å²) in [5.74, 6) is 0.423. The van der Waals surface area contributed by atoms with Crippen molar-refractivity contribution >= 4 is 27.8 Å². The molecule has 0 aliphatic carbocycles. The lowest BCUT2D eigenvalue weighted by Gasteiger charge is -2.12. The number of nitrogens with zero attached hydrogens (tertiary/aromatic N) is 1. The van der Waals surface area contributed by atoms with E-state index < -0.39 is 0 Å². The van der Waals surface area contributed by atoms with Crippen LogP contribution >= 0.6 is 11.3 Å². The minimum atomic E-state index is 0.423. The number of hydrogen-bond acceptors (Lipinski definition) is 4. The Morgan fingerprint density at radius 3 is 2.71 bits per heavy atom. The normalized spacial score (nSPS) is 12.6. The number of rotatable bonds is 5. The second-order valence-corrected chi connectivity index (χ2v) is 6.23. The molecule has 3 aromatic rings. The van der Waals surface area contributed by atoms with Crippen LogP contribution in [-0.2, 0) is 6.54 Å². The largest absolute Gasteiger partial charge is 0.398 e. The highest BCUT2D eigenvalue weighted by molar-refractivity contribution is 7.09. The van der Waals surface area contributed by atoms with Gasteiger partial charge in [0.05, 0.1) is 5.01 Å². The van der Waals surface area contributed by atoms with E-state index in [0.29, 0.717) is 5.92 Å². The first kappa shape index (κ1) is 14.0. The Bertz CT molecular complexity index is 722. The van der Waals surface area contributed by atoms with E-state index in [0.717, 1.165) is 24.3 Å². The Morgan fingerprint density at radius 2 is 2.00 bits per heavy atom. The van der Waals surface area contributed by atoms with E-state index in [1.54, 1.807) is 11.3 Å². The predicted molar refractivity (Wildman–Crippen MR) is 90.6 cm³/mol. The van der Waals surface area contributed by atoms with Gasteiger partial charge in [-0.1, -0.05) is 31.2 Å². The number of aromatic nitrogens is 1. The van der Waals surface area contributed by atoms with Crippen molar-refractivity contribution in [2.24, 2.45) is 0 Å². The summed E-state index contributed by atoms with van der Waals surface area (Å²) in [6.45, 7) is 3.88. The molecule has 21 heavy (non-hydrogen) atoms. The maximum Gasteiger partial charge on any atom is 0.0965 e. The highest BCUT2D eigenvalue weighted by Crippen LogP contribution is 2.22. The quantitative estimate of drug-likeness (QED) is 0.705. The Hall–Kier alpha value is -1.91. The Kier molecular flexibility index (Phi) is 4.18. The molecule has 3 rings (SSSR count). The summed E-state index contributed by atoms with van der Waals surface area (Å²) < 4.78 is 0. The summed E-state index contributed by atoms with van der Waals surface area (Å²) >= 11 is 1.71. The molecule has 108 valence electrons. The van der Waals surface area contributed by atoms with E-state index in [1.165, 1.54) is 15.8 Å². The summed E-state index contributed by atoms with van der Waals surface area (Å²) in [6, 6.07) is 12.5. The van der Waals surface area contributed by atoms with Crippen LogP contribution in [0.25, 0.3) is 10.8 Å². The lowest BCUT2D eigenvalue weighted by Crippen LogP contribution is -2.20. The van der Waals surface area contributed by atoms with Gasteiger partial charge in [-0.05, 0) is 28.5 Å². The van der Waals surface area contributed by atoms with Crippen molar-refractivity contribution in [2.75, 3.05) is 12.3 Å². The smallest absolute Gasteiger partial charge is 0.0965 e. The third kappa shape index (κ3) is 3.23. The molecule has 0 saturated carbocycles. The van der Waals surface area contributed by atoms with Gasteiger partial charge in [0.25, 0.3) is 0 Å². The summed E-state index contributed by atoms with van der Waals surface area (Å²) in [7, 11) is 0. The summed E-state index contributed by atoms with van der Waals surface area (Å²) in [5.41, 5.74) is 8.15. The molecule has 0 aliphatic heterocycles. The van der Waals surface area contributed by atoms with Crippen LogP contribution in [0.3, 0.4) is 0 Å². The fourth-order valence-corrected chi connectivity index (χ4v) is 3.15. The molecule has 1 aromatic heterocycles. The topological polar surface area (TPSA) is 50.9 Å². The minimum Gasteiger partial charge on any atom is -0.398 e. The second kappa shape index (κ2) is 6.24. The zero-order valence-electron chi connectivity index (χ0n) is 12.0. The molecule has 2 aromatic carbocycles. The molecule has 4 heteroatoms. The third-order valence-electron chi connectivity index (χ3n) is 3.65. The van der Waals surface area contributed by atoms with Crippen LogP contribution in [0.2, 0.25) is 0 Å². The van der Waals surface area contributed by atoms with Crippen LogP contribution < -0.4 is 11.1 Å². The van der Waals surface area contributed by atoms with Gasteiger partial charge < -0.3 is 11.1 Å². The van der Waals surface area contributed by atoms with Gasteiger partial charge >= 0.3 is 0 Å². The summed E-state index contributed by atoms with van der Waals surface area (Å²) in [6.07, 6.45) is 1.86. The highest BCUT2D eigenvalue weighted by Gasteiger charge is 2.08. The molecule has 1 heterocycles. The van der Waals surface area contributed by atoms with Crippen molar-refractivity contribution < 1.29 is 0 Å². The van der Waals surface area contributed by atoms with Crippen LogP contribution in [0.4, 0.5) is 5.69 Å². The number of nitrogen functional groups attached to an aromatic ring is 1. The van der Waals surface area contributed by atoms with Crippen LogP contribution in [0.1, 0.15) is 23.4 Å². The fraction of sp³-hybridized carbons (Fsp3) is 0.235. The van der Waals surface area contributed by atoms with Gasteiger partial charge in [0.15, 0.2) is 0 Å². The SMILES string of the molecule is CC(CNCc1cc2ccccc2cc1N)c1nccs1. The van der Waals surface area contributed by atoms with Gasteiger partial charge in [-0.2, -0.15) is 0 Å². The van der Waals surface area contributed by atoms with E-state index in [2.05, 4.69) is 47.6 Å². The molecule has 3 nitrogen and oxygen atoms in total. The highest BCUT2D eigenvalue weighted by atomic mass is 32.1. The number of fused-ring (bicyclic) bond motifs is 1. The van der Waals surface area contributed by atoms with Crippen molar-refractivity contribution in [3.63, 3.8) is 0 Å². The van der Waals surface area contributed by atoms with E-state index in [4.69, 9.17) is 5.73 Å². The predicted octanol–water partition coefficient (Wildman–Crippen LogP) is 3.77. The number of nitrogens with one attached hydrogen (secondary N) is 1. The van der Waals surface area contributed by atoms with Crippen LogP contribution in [0.15, 0.2) is 48.0 Å². The maximum absolute atomic E-state index is 6.15. The molecular formula is C17H19N3S. The molecule has 0 bridgehead atoms. The Labute approximate surface area is 128 Å². The summed E-state index contributed by atoms with van der Waals surface area (Å²) in [4.78, 5) is 4.35. The Balaban J connectivity index is 1.66. The number of anilines is 1. The molecule has 0 aliphatic rings. The first-order valence-electron chi connectivity index (χ1n) is 7.11. The number of benzene rings is 2. The lowest BCUT2D eigenvalue weighted by molar-refractivity contribution is 0.614. The van der Waals surface area contributed by atoms with E-state index in [-0.39, 0.29) is 0 Å². The van der Waals surface area contributed by atoms with Gasteiger partial charge in [0.2, 0.25) is 0 Å². The molecule has 0 saturated heterocycles. The van der Waals surface area contributed by atoms with Crippen LogP contribution in [0.5, 0.6) is 0 Å². The van der Waals surface area contributed by atoms with Crippen molar-refractivity contribution in [2.45, 2.75) is 19.4 Å². The van der Waals surface area contributed by atoms with Gasteiger partial charge in [0.1, 0.15) is 0 Å². The van der Waals surface area contributed by atoms with E-state index in [1.807, 2.05) is 17.6 Å². The van der Waals surface area contributed by atoms with E-state index >= 15 is 0 Å². The standard InChI is InChI=1S/C17H19N3S/c1-12(17-20-6-7-21-17)10-19-11-15-8-13-4-2-3-5-14(13)9-16(15)18/h2-9,12,19H,10-11,18H2,1H3. The average Bonchev–Trinajstić information content (AvgIpc) is 3.02. The third-order valence-corrected chi connectivity index (χ3v) is 4.65. The van der Waals surface area contributed by atoms with E-state index in [9.17, 15) is 0 Å². The molecular weight excluding hydrogens is 278 g/mol. The average molecular weight is 297 g/mol. The second-order valence-electron chi connectivity index (χ2n) is 5.30. The molecule has 1 atom stereocenters. The number of nitrogens with two attached hydrogens (primary N) is 1. The van der Waals surface area contributed by atoms with Crippen molar-refractivity contribution in [3.05, 3.63) is 58.5 Å². The first-order chi connectivity index (χ1) is 10.2. The molecule has 3 N–H and O–H groups in total. The molecule has 0 spiro atoms. The summed E-state index contributed by atoms with van der Waals surface area (Å²) in [5, 5.41) is 9.10. The molecule has 0 fully saturated rings. The van der Waals surface area contributed by atoms with Gasteiger partial charge in [-0.3, -0.25) is 0 Å². The monoisotopic (exact) mass is 297 g/mol. The minimum absolute atomic E-state index is 0.423. The Morgan fingerprint density at radius 1 is 1.24 bits per heavy atom. The lowest BCUT2D eigenvalue weighted by atomic mass is 10.0. The first-order valence-corrected chi connectivity index (χ1v) is 7.99. The fourth-order valence-electron chi connectivity index (χ4n) is 2.45. The number of hydrogen-bond donors (Lipinski definition) is 2. The maximum atomic E-state index is 6.15. The zero-order valence-corrected chi connectivity index (χ0v) is 12.9. The van der Waals surface area contributed by atoms with Crippen LogP contribution in [-0.4, -0.2) is 11.5 Å².